The molecule has 0 saturated carbocycles. The summed E-state index contributed by atoms with van der Waals surface area (Å²) in [4.78, 5) is 13.0. The second kappa shape index (κ2) is 6.33. The SMILES string of the molecule is Nc1ccc(F)cc1NC(=O)CCCc1cccs1. The number of nitrogens with two attached hydrogens (primary N) is 1. The van der Waals surface area contributed by atoms with Crippen molar-refractivity contribution in [3.8, 4) is 0 Å². The Labute approximate surface area is 115 Å². The fourth-order valence-electron chi connectivity index (χ4n) is 1.73. The molecule has 1 amide bonds. The first-order valence-corrected chi connectivity index (χ1v) is 6.90. The minimum absolute atomic E-state index is 0.145. The first-order chi connectivity index (χ1) is 9.15. The summed E-state index contributed by atoms with van der Waals surface area (Å²) in [5, 5.41) is 4.65. The first kappa shape index (κ1) is 13.5. The van der Waals surface area contributed by atoms with Gasteiger partial charge in [0.25, 0.3) is 0 Å². The summed E-state index contributed by atoms with van der Waals surface area (Å²) >= 11 is 1.68. The van der Waals surface area contributed by atoms with Gasteiger partial charge in [0, 0.05) is 11.3 Å². The molecule has 0 atom stereocenters. The third-order valence-electron chi connectivity index (χ3n) is 2.70. The lowest BCUT2D eigenvalue weighted by Crippen LogP contribution is -2.13. The van der Waals surface area contributed by atoms with Crippen molar-refractivity contribution in [2.45, 2.75) is 19.3 Å². The number of nitrogens with one attached hydrogen (secondary N) is 1. The van der Waals surface area contributed by atoms with Gasteiger partial charge in [-0.25, -0.2) is 4.39 Å². The first-order valence-electron chi connectivity index (χ1n) is 6.02. The number of amides is 1. The molecule has 5 heteroatoms. The number of carbonyl (C=O) groups is 1. The highest BCUT2D eigenvalue weighted by molar-refractivity contribution is 7.09. The van der Waals surface area contributed by atoms with Gasteiger partial charge in [0.2, 0.25) is 5.91 Å². The predicted octanol–water partition coefficient (Wildman–Crippen LogP) is 3.43. The summed E-state index contributed by atoms with van der Waals surface area (Å²) in [6, 6.07) is 7.98. The maximum Gasteiger partial charge on any atom is 0.224 e. The van der Waals surface area contributed by atoms with Crippen LogP contribution in [0.5, 0.6) is 0 Å². The number of aryl methyl sites for hydroxylation is 1. The van der Waals surface area contributed by atoms with Crippen LogP contribution >= 0.6 is 11.3 Å². The Morgan fingerprint density at radius 3 is 2.95 bits per heavy atom. The Morgan fingerprint density at radius 1 is 1.37 bits per heavy atom. The molecule has 1 heterocycles. The topological polar surface area (TPSA) is 55.1 Å². The summed E-state index contributed by atoms with van der Waals surface area (Å²) < 4.78 is 13.0. The summed E-state index contributed by atoms with van der Waals surface area (Å²) in [6.45, 7) is 0. The van der Waals surface area contributed by atoms with Gasteiger partial charge in [-0.15, -0.1) is 11.3 Å². The number of anilines is 2. The Balaban J connectivity index is 1.82. The Kier molecular flexibility index (Phi) is 4.52. The maximum atomic E-state index is 13.0. The molecule has 0 spiro atoms. The second-order valence-electron chi connectivity index (χ2n) is 4.21. The van der Waals surface area contributed by atoms with Crippen molar-refractivity contribution >= 4 is 28.6 Å². The van der Waals surface area contributed by atoms with E-state index in [4.69, 9.17) is 5.73 Å². The number of rotatable bonds is 5. The largest absolute Gasteiger partial charge is 0.397 e. The van der Waals surface area contributed by atoms with Crippen LogP contribution in [-0.2, 0) is 11.2 Å². The summed E-state index contributed by atoms with van der Waals surface area (Å²) in [5.41, 5.74) is 6.37. The number of carbonyl (C=O) groups excluding carboxylic acids is 1. The molecule has 0 saturated heterocycles. The predicted molar refractivity (Wildman–Crippen MR) is 76.7 cm³/mol. The summed E-state index contributed by atoms with van der Waals surface area (Å²) in [7, 11) is 0. The smallest absolute Gasteiger partial charge is 0.224 e. The van der Waals surface area contributed by atoms with Crippen molar-refractivity contribution < 1.29 is 9.18 Å². The van der Waals surface area contributed by atoms with Crippen LogP contribution in [-0.4, -0.2) is 5.91 Å². The molecule has 0 bridgehead atoms. The third-order valence-corrected chi connectivity index (χ3v) is 3.63. The van der Waals surface area contributed by atoms with E-state index in [-0.39, 0.29) is 5.91 Å². The van der Waals surface area contributed by atoms with E-state index in [2.05, 4.69) is 5.32 Å². The summed E-state index contributed by atoms with van der Waals surface area (Å²) in [5.74, 6) is -0.558. The lowest BCUT2D eigenvalue weighted by molar-refractivity contribution is -0.116. The summed E-state index contributed by atoms with van der Waals surface area (Å²) in [6.07, 6.45) is 2.04. The average molecular weight is 278 g/mol. The van der Waals surface area contributed by atoms with Crippen molar-refractivity contribution in [2.24, 2.45) is 0 Å². The van der Waals surface area contributed by atoms with Crippen molar-refractivity contribution in [3.05, 3.63) is 46.4 Å². The van der Waals surface area contributed by atoms with Crippen LogP contribution in [0.2, 0.25) is 0 Å². The molecule has 19 heavy (non-hydrogen) atoms. The van der Waals surface area contributed by atoms with Gasteiger partial charge in [0.05, 0.1) is 11.4 Å². The van der Waals surface area contributed by atoms with Crippen LogP contribution in [0.3, 0.4) is 0 Å². The van der Waals surface area contributed by atoms with E-state index in [1.807, 2.05) is 17.5 Å². The monoisotopic (exact) mass is 278 g/mol. The highest BCUT2D eigenvalue weighted by atomic mass is 32.1. The lowest BCUT2D eigenvalue weighted by atomic mass is 10.2. The second-order valence-corrected chi connectivity index (χ2v) is 5.24. The zero-order valence-corrected chi connectivity index (χ0v) is 11.2. The van der Waals surface area contributed by atoms with Gasteiger partial charge in [-0.3, -0.25) is 4.79 Å². The van der Waals surface area contributed by atoms with Gasteiger partial charge in [-0.1, -0.05) is 6.07 Å². The number of hydrogen-bond donors (Lipinski definition) is 2. The quantitative estimate of drug-likeness (QED) is 0.823. The Hall–Kier alpha value is -1.88. The number of nitrogen functional groups attached to an aromatic ring is 1. The van der Waals surface area contributed by atoms with Gasteiger partial charge >= 0.3 is 0 Å². The van der Waals surface area contributed by atoms with E-state index in [0.717, 1.165) is 12.8 Å². The van der Waals surface area contributed by atoms with E-state index in [1.54, 1.807) is 11.3 Å². The lowest BCUT2D eigenvalue weighted by Gasteiger charge is -2.07. The zero-order chi connectivity index (χ0) is 13.7. The fourth-order valence-corrected chi connectivity index (χ4v) is 2.48. The average Bonchev–Trinajstić information content (AvgIpc) is 2.87. The minimum atomic E-state index is -0.414. The third kappa shape index (κ3) is 4.06. The standard InChI is InChI=1S/C14H15FN2OS/c15-10-6-7-12(16)13(9-10)17-14(18)5-1-3-11-4-2-8-19-11/h2,4,6-9H,1,3,5,16H2,(H,17,18). The van der Waals surface area contributed by atoms with E-state index in [1.165, 1.54) is 23.1 Å². The number of halogens is 1. The molecule has 0 aliphatic heterocycles. The normalized spacial score (nSPS) is 10.4. The van der Waals surface area contributed by atoms with E-state index in [0.29, 0.717) is 17.8 Å². The highest BCUT2D eigenvalue weighted by Gasteiger charge is 2.06. The zero-order valence-electron chi connectivity index (χ0n) is 10.4. The number of thiophene rings is 1. The van der Waals surface area contributed by atoms with Gasteiger partial charge in [-0.2, -0.15) is 0 Å². The van der Waals surface area contributed by atoms with Gasteiger partial charge in [-0.05, 0) is 42.5 Å². The molecule has 0 fully saturated rings. The van der Waals surface area contributed by atoms with Crippen molar-refractivity contribution in [3.63, 3.8) is 0 Å². The highest BCUT2D eigenvalue weighted by Crippen LogP contribution is 2.19. The molecular formula is C14H15FN2OS. The van der Waals surface area contributed by atoms with Crippen LogP contribution in [0.1, 0.15) is 17.7 Å². The van der Waals surface area contributed by atoms with Crippen molar-refractivity contribution in [1.29, 1.82) is 0 Å². The number of hydrogen-bond acceptors (Lipinski definition) is 3. The van der Waals surface area contributed by atoms with E-state index in [9.17, 15) is 9.18 Å². The Bertz CT molecular complexity index is 555. The van der Waals surface area contributed by atoms with Crippen LogP contribution in [0.15, 0.2) is 35.7 Å². The maximum absolute atomic E-state index is 13.0. The molecule has 3 nitrogen and oxygen atoms in total. The van der Waals surface area contributed by atoms with Crippen LogP contribution < -0.4 is 11.1 Å². The van der Waals surface area contributed by atoms with Gasteiger partial charge in [0.15, 0.2) is 0 Å². The molecule has 0 unspecified atom stereocenters. The molecule has 3 N–H and O–H groups in total. The van der Waals surface area contributed by atoms with Gasteiger partial charge < -0.3 is 11.1 Å². The molecule has 100 valence electrons. The van der Waals surface area contributed by atoms with E-state index < -0.39 is 5.82 Å². The molecule has 0 radical (unpaired) electrons. The van der Waals surface area contributed by atoms with Crippen LogP contribution in [0.25, 0.3) is 0 Å². The van der Waals surface area contributed by atoms with Crippen molar-refractivity contribution in [2.75, 3.05) is 11.1 Å². The molecule has 0 aliphatic rings. The molecule has 1 aromatic carbocycles. The molecular weight excluding hydrogens is 263 g/mol. The minimum Gasteiger partial charge on any atom is -0.397 e. The van der Waals surface area contributed by atoms with Gasteiger partial charge in [0.1, 0.15) is 5.82 Å². The number of benzene rings is 1. The fraction of sp³-hybridized carbons (Fsp3) is 0.214. The van der Waals surface area contributed by atoms with Crippen LogP contribution in [0, 0.1) is 5.82 Å². The van der Waals surface area contributed by atoms with E-state index >= 15 is 0 Å². The molecule has 2 rings (SSSR count). The molecule has 0 aliphatic carbocycles. The van der Waals surface area contributed by atoms with Crippen LogP contribution in [0.4, 0.5) is 15.8 Å². The Morgan fingerprint density at radius 2 is 2.21 bits per heavy atom. The van der Waals surface area contributed by atoms with Crippen molar-refractivity contribution in [1.82, 2.24) is 0 Å². The molecule has 1 aromatic heterocycles. The molecule has 2 aromatic rings.